The fraction of sp³-hybridized carbons (Fsp3) is 0.586. The van der Waals surface area contributed by atoms with Crippen LogP contribution < -0.4 is 10.1 Å². The summed E-state index contributed by atoms with van der Waals surface area (Å²) in [7, 11) is 1.40. The Bertz CT molecular complexity index is 1160. The number of hydrogen-bond acceptors (Lipinski definition) is 7. The molecule has 226 valence electrons. The van der Waals surface area contributed by atoms with Crippen LogP contribution in [0.2, 0.25) is 0 Å². The predicted molar refractivity (Wildman–Crippen MR) is 149 cm³/mol. The number of ether oxygens (including phenoxy) is 2. The number of nitro groups is 1. The Kier molecular flexibility index (Phi) is 11.6. The lowest BCUT2D eigenvalue weighted by molar-refractivity contribution is -0.388. The summed E-state index contributed by atoms with van der Waals surface area (Å²) in [6, 6.07) is 4.95. The molecule has 1 aliphatic carbocycles. The lowest BCUT2D eigenvalue weighted by Gasteiger charge is -2.30. The van der Waals surface area contributed by atoms with Gasteiger partial charge in [-0.15, -0.1) is 0 Å². The van der Waals surface area contributed by atoms with Crippen LogP contribution >= 0.6 is 0 Å². The van der Waals surface area contributed by atoms with E-state index in [1.54, 1.807) is 11.1 Å². The van der Waals surface area contributed by atoms with Gasteiger partial charge in [0.25, 0.3) is 5.69 Å². The number of nitrogens with one attached hydrogen (secondary N) is 1. The van der Waals surface area contributed by atoms with Crippen molar-refractivity contribution in [3.63, 3.8) is 0 Å². The number of carbonyl (C=O) groups excluding carboxylic acids is 1. The van der Waals surface area contributed by atoms with E-state index in [0.717, 1.165) is 43.4 Å². The maximum atomic E-state index is 13.3. The zero-order valence-electron chi connectivity index (χ0n) is 23.8. The molecule has 3 rings (SSSR count). The maximum absolute atomic E-state index is 13.3. The number of rotatable bonds is 13. The topological polar surface area (TPSA) is 107 Å². The molecule has 0 saturated heterocycles. The van der Waals surface area contributed by atoms with Gasteiger partial charge in [-0.05, 0) is 81.0 Å². The van der Waals surface area contributed by atoms with Gasteiger partial charge < -0.3 is 19.7 Å². The summed E-state index contributed by atoms with van der Waals surface area (Å²) < 4.78 is 50.9. The van der Waals surface area contributed by atoms with Gasteiger partial charge in [0.2, 0.25) is 0 Å². The molecule has 0 bridgehead atoms. The number of methoxy groups -OCH3 is 1. The Labute approximate surface area is 238 Å². The van der Waals surface area contributed by atoms with E-state index in [9.17, 15) is 28.1 Å². The minimum absolute atomic E-state index is 0.0329. The third kappa shape index (κ3) is 9.79. The molecule has 1 atom stereocenters. The SMILES string of the molecule is CCCN(CCC(C)CCc1cncc(OC2CCC(Nc3ccc([N+](=O)[O-])c(C(F)(F)F)c3)CC2)c1)C(=O)OC. The van der Waals surface area contributed by atoms with Gasteiger partial charge in [-0.25, -0.2) is 4.79 Å². The molecular weight excluding hydrogens is 541 g/mol. The van der Waals surface area contributed by atoms with Gasteiger partial charge in [-0.3, -0.25) is 15.1 Å². The summed E-state index contributed by atoms with van der Waals surface area (Å²) in [5, 5.41) is 14.1. The van der Waals surface area contributed by atoms with Crippen LogP contribution in [0.15, 0.2) is 36.7 Å². The number of anilines is 1. The zero-order valence-corrected chi connectivity index (χ0v) is 23.8. The average molecular weight is 581 g/mol. The van der Waals surface area contributed by atoms with Crippen LogP contribution in [0.3, 0.4) is 0 Å². The van der Waals surface area contributed by atoms with Crippen molar-refractivity contribution in [3.05, 3.63) is 57.9 Å². The lowest BCUT2D eigenvalue weighted by atomic mass is 9.92. The highest BCUT2D eigenvalue weighted by atomic mass is 19.4. The van der Waals surface area contributed by atoms with E-state index in [1.807, 2.05) is 19.2 Å². The first-order valence-corrected chi connectivity index (χ1v) is 14.1. The Morgan fingerprint density at radius 3 is 2.54 bits per heavy atom. The molecule has 1 fully saturated rings. The molecule has 1 aliphatic rings. The second-order valence-electron chi connectivity index (χ2n) is 10.6. The van der Waals surface area contributed by atoms with Crippen LogP contribution in [0, 0.1) is 16.0 Å². The second-order valence-corrected chi connectivity index (χ2v) is 10.6. The van der Waals surface area contributed by atoms with Crippen LogP contribution in [-0.4, -0.2) is 53.2 Å². The summed E-state index contributed by atoms with van der Waals surface area (Å²) in [5.41, 5.74) is -0.933. The average Bonchev–Trinajstić information content (AvgIpc) is 2.94. The monoisotopic (exact) mass is 580 g/mol. The van der Waals surface area contributed by atoms with Gasteiger partial charge in [-0.2, -0.15) is 13.2 Å². The fourth-order valence-electron chi connectivity index (χ4n) is 5.06. The molecule has 0 aliphatic heterocycles. The Morgan fingerprint density at radius 1 is 1.17 bits per heavy atom. The molecule has 41 heavy (non-hydrogen) atoms. The highest BCUT2D eigenvalue weighted by Gasteiger charge is 2.38. The van der Waals surface area contributed by atoms with E-state index in [4.69, 9.17) is 9.47 Å². The number of nitro benzene ring substituents is 1. The van der Waals surface area contributed by atoms with Gasteiger partial charge >= 0.3 is 12.3 Å². The lowest BCUT2D eigenvalue weighted by Crippen LogP contribution is -2.33. The second kappa shape index (κ2) is 14.9. The molecule has 1 saturated carbocycles. The van der Waals surface area contributed by atoms with Crippen molar-refractivity contribution in [3.8, 4) is 5.75 Å². The zero-order chi connectivity index (χ0) is 30.0. The molecule has 12 heteroatoms. The highest BCUT2D eigenvalue weighted by Crippen LogP contribution is 2.38. The standard InChI is InChI=1S/C29H39F3N4O5/c1-4-14-35(28(37)40-3)15-13-20(2)5-6-21-16-25(19-33-18-21)41-24-10-7-22(8-11-24)34-23-9-12-27(36(38)39)26(17-23)29(30,31)32/h9,12,16-20,22,24,34H,4-8,10-11,13-15H2,1-3H3. The van der Waals surface area contributed by atoms with Crippen LogP contribution in [0.25, 0.3) is 0 Å². The molecule has 1 heterocycles. The summed E-state index contributed by atoms with van der Waals surface area (Å²) in [6.07, 6.45) is 4.73. The number of hydrogen-bond donors (Lipinski definition) is 1. The Balaban J connectivity index is 1.46. The Morgan fingerprint density at radius 2 is 1.90 bits per heavy atom. The first kappa shape index (κ1) is 32.0. The molecule has 1 amide bonds. The van der Waals surface area contributed by atoms with Gasteiger partial charge in [0.15, 0.2) is 0 Å². The summed E-state index contributed by atoms with van der Waals surface area (Å²) >= 11 is 0. The number of aromatic nitrogens is 1. The molecular formula is C29H39F3N4O5. The largest absolute Gasteiger partial charge is 0.489 e. The van der Waals surface area contributed by atoms with E-state index in [0.29, 0.717) is 50.4 Å². The van der Waals surface area contributed by atoms with Gasteiger partial charge in [0.1, 0.15) is 11.3 Å². The Hall–Kier alpha value is -3.57. The maximum Gasteiger partial charge on any atom is 0.423 e. The third-order valence-electron chi connectivity index (χ3n) is 7.36. The number of aryl methyl sites for hydroxylation is 1. The molecule has 1 aromatic heterocycles. The first-order chi connectivity index (χ1) is 19.5. The van der Waals surface area contributed by atoms with E-state index in [2.05, 4.69) is 17.2 Å². The van der Waals surface area contributed by atoms with Crippen molar-refractivity contribution >= 4 is 17.5 Å². The van der Waals surface area contributed by atoms with Crippen molar-refractivity contribution in [2.75, 3.05) is 25.5 Å². The van der Waals surface area contributed by atoms with E-state index in [1.165, 1.54) is 13.2 Å². The minimum atomic E-state index is -4.81. The number of benzene rings is 1. The van der Waals surface area contributed by atoms with Crippen molar-refractivity contribution in [1.29, 1.82) is 0 Å². The van der Waals surface area contributed by atoms with Crippen molar-refractivity contribution in [1.82, 2.24) is 9.88 Å². The van der Waals surface area contributed by atoms with E-state index < -0.39 is 22.4 Å². The van der Waals surface area contributed by atoms with Crippen molar-refractivity contribution in [2.24, 2.45) is 5.92 Å². The van der Waals surface area contributed by atoms with Gasteiger partial charge in [0.05, 0.1) is 24.3 Å². The number of pyridine rings is 1. The molecule has 1 N–H and O–H groups in total. The fourth-order valence-corrected chi connectivity index (χ4v) is 5.06. The van der Waals surface area contributed by atoms with Gasteiger partial charge in [0, 0.05) is 37.1 Å². The van der Waals surface area contributed by atoms with Crippen molar-refractivity contribution in [2.45, 2.75) is 83.5 Å². The summed E-state index contributed by atoms with van der Waals surface area (Å²) in [4.78, 5) is 27.9. The molecule has 2 aromatic rings. The normalized spacial score (nSPS) is 17.9. The molecule has 0 radical (unpaired) electrons. The van der Waals surface area contributed by atoms with Crippen LogP contribution in [0.1, 0.15) is 69.9 Å². The molecule has 1 aromatic carbocycles. The number of alkyl halides is 3. The number of carbonyl (C=O) groups is 1. The first-order valence-electron chi connectivity index (χ1n) is 14.1. The quantitative estimate of drug-likeness (QED) is 0.196. The smallest absolute Gasteiger partial charge is 0.423 e. The molecule has 9 nitrogen and oxygen atoms in total. The molecule has 0 spiro atoms. The van der Waals surface area contributed by atoms with Crippen LogP contribution in [-0.2, 0) is 17.3 Å². The number of nitrogens with zero attached hydrogens (tertiary/aromatic N) is 3. The van der Waals surface area contributed by atoms with Crippen LogP contribution in [0.4, 0.5) is 29.3 Å². The van der Waals surface area contributed by atoms with Gasteiger partial charge in [-0.1, -0.05) is 13.8 Å². The predicted octanol–water partition coefficient (Wildman–Crippen LogP) is 7.25. The molecule has 1 unspecified atom stereocenters. The summed E-state index contributed by atoms with van der Waals surface area (Å²) in [6.45, 7) is 5.54. The highest BCUT2D eigenvalue weighted by molar-refractivity contribution is 5.67. The number of halogens is 3. The van der Waals surface area contributed by atoms with E-state index >= 15 is 0 Å². The van der Waals surface area contributed by atoms with E-state index in [-0.39, 0.29) is 23.9 Å². The summed E-state index contributed by atoms with van der Waals surface area (Å²) in [5.74, 6) is 1.10. The van der Waals surface area contributed by atoms with Crippen molar-refractivity contribution < 1.29 is 32.4 Å². The van der Waals surface area contributed by atoms with Crippen LogP contribution in [0.5, 0.6) is 5.75 Å². The third-order valence-corrected chi connectivity index (χ3v) is 7.36. The number of amides is 1. The minimum Gasteiger partial charge on any atom is -0.489 e.